The maximum Gasteiger partial charge on any atom is 0.328 e. The lowest BCUT2D eigenvalue weighted by molar-refractivity contribution is -0.133. The summed E-state index contributed by atoms with van der Waals surface area (Å²) in [6.45, 7) is 3.56. The molecule has 4 atom stereocenters. The molecule has 0 unspecified atom stereocenters. The summed E-state index contributed by atoms with van der Waals surface area (Å²) < 4.78 is 1.41. The lowest BCUT2D eigenvalue weighted by Gasteiger charge is -2.27. The van der Waals surface area contributed by atoms with Gasteiger partial charge in [-0.15, -0.1) is 0 Å². The lowest BCUT2D eigenvalue weighted by atomic mass is 9.82. The van der Waals surface area contributed by atoms with E-state index in [0.29, 0.717) is 36.9 Å². The summed E-state index contributed by atoms with van der Waals surface area (Å²) in [5, 5.41) is 0. The van der Waals surface area contributed by atoms with E-state index in [9.17, 15) is 14.4 Å². The molecule has 3 aliphatic heterocycles. The van der Waals surface area contributed by atoms with Crippen LogP contribution < -0.4 is 11.2 Å². The zero-order valence-electron chi connectivity index (χ0n) is 17.1. The second-order valence-electron chi connectivity index (χ2n) is 8.89. The Morgan fingerprint density at radius 1 is 0.967 bits per heavy atom. The molecule has 0 radical (unpaired) electrons. The van der Waals surface area contributed by atoms with E-state index in [2.05, 4.69) is 45.1 Å². The van der Waals surface area contributed by atoms with Crippen LogP contribution in [0.4, 0.5) is 0 Å². The monoisotopic (exact) mass is 408 g/mol. The van der Waals surface area contributed by atoms with Gasteiger partial charge in [0, 0.05) is 56.9 Å². The number of likely N-dealkylation sites (tertiary alicyclic amines) is 1. The summed E-state index contributed by atoms with van der Waals surface area (Å²) >= 11 is 0. The van der Waals surface area contributed by atoms with Gasteiger partial charge in [-0.2, -0.15) is 0 Å². The molecule has 7 heteroatoms. The number of benzene rings is 1. The Balaban J connectivity index is 1.18. The zero-order valence-corrected chi connectivity index (χ0v) is 17.1. The molecule has 3 saturated heterocycles. The van der Waals surface area contributed by atoms with Gasteiger partial charge >= 0.3 is 5.69 Å². The van der Waals surface area contributed by atoms with Crippen LogP contribution in [0.2, 0.25) is 0 Å². The van der Waals surface area contributed by atoms with Crippen LogP contribution in [0.1, 0.15) is 24.8 Å². The highest BCUT2D eigenvalue weighted by molar-refractivity contribution is 5.77. The fourth-order valence-corrected chi connectivity index (χ4v) is 5.91. The maximum absolute atomic E-state index is 13.0. The number of nitrogens with zero attached hydrogens (tertiary/aromatic N) is 3. The molecule has 3 fully saturated rings. The van der Waals surface area contributed by atoms with E-state index in [4.69, 9.17) is 0 Å². The number of amides is 1. The third-order valence-corrected chi connectivity index (χ3v) is 7.26. The molecule has 4 heterocycles. The van der Waals surface area contributed by atoms with E-state index in [1.165, 1.54) is 22.4 Å². The minimum absolute atomic E-state index is 0.144. The molecule has 30 heavy (non-hydrogen) atoms. The molecule has 2 bridgehead atoms. The van der Waals surface area contributed by atoms with Crippen molar-refractivity contribution in [1.29, 1.82) is 0 Å². The zero-order chi connectivity index (χ0) is 20.7. The van der Waals surface area contributed by atoms with Crippen LogP contribution in [0, 0.1) is 11.8 Å². The Bertz CT molecular complexity index is 1010. The first-order valence-electron chi connectivity index (χ1n) is 11.0. The van der Waals surface area contributed by atoms with Crippen LogP contribution in [0.15, 0.2) is 52.2 Å². The highest BCUT2D eigenvalue weighted by Crippen LogP contribution is 2.49. The van der Waals surface area contributed by atoms with Crippen LogP contribution in [-0.2, 0) is 17.8 Å². The van der Waals surface area contributed by atoms with Gasteiger partial charge in [0.2, 0.25) is 5.91 Å². The maximum atomic E-state index is 13.0. The summed E-state index contributed by atoms with van der Waals surface area (Å²) in [4.78, 5) is 43.0. The van der Waals surface area contributed by atoms with Gasteiger partial charge in [-0.3, -0.25) is 14.6 Å². The third-order valence-electron chi connectivity index (χ3n) is 7.26. The van der Waals surface area contributed by atoms with Crippen molar-refractivity contribution in [3.63, 3.8) is 0 Å². The number of hydrogen-bond acceptors (Lipinski definition) is 4. The van der Waals surface area contributed by atoms with E-state index in [-0.39, 0.29) is 5.91 Å². The van der Waals surface area contributed by atoms with Gasteiger partial charge in [-0.25, -0.2) is 4.79 Å². The quantitative estimate of drug-likeness (QED) is 0.776. The van der Waals surface area contributed by atoms with Gasteiger partial charge in [0.25, 0.3) is 5.56 Å². The van der Waals surface area contributed by atoms with Crippen LogP contribution in [-0.4, -0.2) is 57.0 Å². The Hall–Kier alpha value is -2.67. The number of fused-ring (bicyclic) bond motifs is 5. The smallest absolute Gasteiger partial charge is 0.328 e. The van der Waals surface area contributed by atoms with Crippen molar-refractivity contribution < 1.29 is 4.79 Å². The second-order valence-corrected chi connectivity index (χ2v) is 8.89. The number of rotatable bonds is 6. The molecule has 0 saturated carbocycles. The number of aromatic amines is 1. The summed E-state index contributed by atoms with van der Waals surface area (Å²) in [5.41, 5.74) is 0.516. The first kappa shape index (κ1) is 19.3. The first-order chi connectivity index (χ1) is 14.6. The SMILES string of the molecule is O=C(CCn1ccc(=O)[nH]c1=O)N1[C@@H]2CC[C@H]1[C@H]1CN(CCc3ccccc3)C[C@H]12. The van der Waals surface area contributed by atoms with Crippen LogP contribution in [0.5, 0.6) is 0 Å². The highest BCUT2D eigenvalue weighted by Gasteiger charge is 2.57. The summed E-state index contributed by atoms with van der Waals surface area (Å²) in [6, 6.07) is 12.6. The Kier molecular flexibility index (Phi) is 5.06. The number of carbonyl (C=O) groups is 1. The number of nitrogens with one attached hydrogen (secondary N) is 1. The molecule has 7 nitrogen and oxygen atoms in total. The fraction of sp³-hybridized carbons (Fsp3) is 0.522. The normalized spacial score (nSPS) is 27.5. The fourth-order valence-electron chi connectivity index (χ4n) is 5.91. The van der Waals surface area contributed by atoms with Gasteiger partial charge < -0.3 is 14.4 Å². The van der Waals surface area contributed by atoms with Gasteiger partial charge in [0.1, 0.15) is 0 Å². The second kappa shape index (κ2) is 7.87. The molecule has 2 aromatic rings. The lowest BCUT2D eigenvalue weighted by Crippen LogP contribution is -2.41. The number of H-pyrrole nitrogens is 1. The predicted octanol–water partition coefficient (Wildman–Crippen LogP) is 1.09. The van der Waals surface area contributed by atoms with Crippen LogP contribution in [0.3, 0.4) is 0 Å². The summed E-state index contributed by atoms with van der Waals surface area (Å²) in [7, 11) is 0. The number of aromatic nitrogens is 2. The van der Waals surface area contributed by atoms with Gasteiger partial charge in [0.05, 0.1) is 0 Å². The minimum Gasteiger partial charge on any atom is -0.336 e. The van der Waals surface area contributed by atoms with Gasteiger partial charge in [-0.1, -0.05) is 30.3 Å². The minimum atomic E-state index is -0.453. The van der Waals surface area contributed by atoms with E-state index >= 15 is 0 Å². The van der Waals surface area contributed by atoms with E-state index in [1.54, 1.807) is 0 Å². The average Bonchev–Trinajstić information content (AvgIpc) is 3.43. The van der Waals surface area contributed by atoms with Crippen molar-refractivity contribution in [3.8, 4) is 0 Å². The van der Waals surface area contributed by atoms with Crippen molar-refractivity contribution in [2.75, 3.05) is 19.6 Å². The third kappa shape index (κ3) is 3.51. The number of aryl methyl sites for hydroxylation is 1. The van der Waals surface area contributed by atoms with Crippen molar-refractivity contribution in [2.24, 2.45) is 11.8 Å². The average molecular weight is 409 g/mol. The van der Waals surface area contributed by atoms with Crippen molar-refractivity contribution in [1.82, 2.24) is 19.4 Å². The molecule has 0 aliphatic carbocycles. The standard InChI is InChI=1S/C23H28N4O3/c28-21-9-12-26(23(30)24-21)13-10-22(29)27-19-6-7-20(27)18-15-25(14-17(18)19)11-8-16-4-2-1-3-5-16/h1-5,9,12,17-20H,6-8,10-11,13-15H2,(H,24,28,30)/t17-,18+,19-,20+. The largest absolute Gasteiger partial charge is 0.336 e. The molecule has 0 spiro atoms. The van der Waals surface area contributed by atoms with Crippen LogP contribution in [0.25, 0.3) is 0 Å². The van der Waals surface area contributed by atoms with Crippen LogP contribution >= 0.6 is 0 Å². The molecule has 158 valence electrons. The summed E-state index contributed by atoms with van der Waals surface area (Å²) in [5.74, 6) is 1.31. The predicted molar refractivity (Wildman–Crippen MR) is 113 cm³/mol. The Morgan fingerprint density at radius 2 is 1.67 bits per heavy atom. The van der Waals surface area contributed by atoms with Crippen molar-refractivity contribution in [3.05, 3.63) is 69.0 Å². The molecular formula is C23H28N4O3. The summed E-state index contributed by atoms with van der Waals surface area (Å²) in [6.07, 6.45) is 5.04. The van der Waals surface area contributed by atoms with Crippen molar-refractivity contribution >= 4 is 5.91 Å². The van der Waals surface area contributed by atoms with E-state index in [1.807, 2.05) is 0 Å². The van der Waals surface area contributed by atoms with E-state index in [0.717, 1.165) is 38.9 Å². The van der Waals surface area contributed by atoms with Crippen molar-refractivity contribution in [2.45, 2.75) is 44.3 Å². The Morgan fingerprint density at radius 3 is 2.33 bits per heavy atom. The number of hydrogen-bond donors (Lipinski definition) is 1. The van der Waals surface area contributed by atoms with E-state index < -0.39 is 11.2 Å². The van der Waals surface area contributed by atoms with Gasteiger partial charge in [0.15, 0.2) is 0 Å². The molecule has 3 aliphatic rings. The molecule has 1 amide bonds. The molecule has 1 aromatic heterocycles. The number of carbonyl (C=O) groups excluding carboxylic acids is 1. The molecule has 1 N–H and O–H groups in total. The van der Waals surface area contributed by atoms with Gasteiger partial charge in [-0.05, 0) is 36.7 Å². The molecule has 1 aromatic carbocycles. The Labute approximate surface area is 175 Å². The molecular weight excluding hydrogens is 380 g/mol. The highest BCUT2D eigenvalue weighted by atomic mass is 16.2. The first-order valence-corrected chi connectivity index (χ1v) is 11.0. The topological polar surface area (TPSA) is 78.4 Å². The molecule has 5 rings (SSSR count).